The Morgan fingerprint density at radius 2 is 1.54 bits per heavy atom. The smallest absolute Gasteiger partial charge is 0.489 e. The van der Waals surface area contributed by atoms with Gasteiger partial charge in [0.15, 0.2) is 6.29 Å². The summed E-state index contributed by atoms with van der Waals surface area (Å²) < 4.78 is 34.0. The quantitative estimate of drug-likeness (QED) is 0.222. The van der Waals surface area contributed by atoms with Crippen molar-refractivity contribution in [3.63, 3.8) is 0 Å². The van der Waals surface area contributed by atoms with Gasteiger partial charge < -0.3 is 38.4 Å². The molecular formula is C36H43NO9. The van der Waals surface area contributed by atoms with Gasteiger partial charge in [0.1, 0.15) is 37.3 Å². The van der Waals surface area contributed by atoms with Crippen LogP contribution >= 0.6 is 0 Å². The molecule has 1 N–H and O–H groups in total. The molecule has 46 heavy (non-hydrogen) atoms. The number of aliphatic hydroxyl groups excluding tert-OH is 1. The number of rotatable bonds is 14. The third-order valence-corrected chi connectivity index (χ3v) is 7.97. The van der Waals surface area contributed by atoms with E-state index in [4.69, 9.17) is 28.4 Å². The maximum atomic E-state index is 13.1. The van der Waals surface area contributed by atoms with E-state index in [2.05, 4.69) is 0 Å². The first-order valence-electron chi connectivity index (χ1n) is 15.8. The Morgan fingerprint density at radius 1 is 0.870 bits per heavy atom. The number of hydrogen-bond donors (Lipinski definition) is 1. The Balaban J connectivity index is 1.25. The van der Waals surface area contributed by atoms with Crippen LogP contribution in [-0.2, 0) is 43.3 Å². The zero-order valence-electron chi connectivity index (χ0n) is 26.4. The molecule has 2 aliphatic heterocycles. The minimum absolute atomic E-state index is 0.0553. The Hall–Kier alpha value is -4.12. The molecule has 10 heteroatoms. The lowest BCUT2D eigenvalue weighted by atomic mass is 10.0. The van der Waals surface area contributed by atoms with Crippen LogP contribution in [0, 0.1) is 11.8 Å². The first kappa shape index (κ1) is 33.2. The number of benzene rings is 3. The highest BCUT2D eigenvalue weighted by Crippen LogP contribution is 2.33. The highest BCUT2D eigenvalue weighted by Gasteiger charge is 2.44. The van der Waals surface area contributed by atoms with Crippen molar-refractivity contribution in [2.24, 2.45) is 11.8 Å². The second kappa shape index (κ2) is 16.4. The summed E-state index contributed by atoms with van der Waals surface area (Å²) in [7, 11) is 0. The van der Waals surface area contributed by atoms with E-state index in [1.165, 1.54) is 4.90 Å². The summed E-state index contributed by atoms with van der Waals surface area (Å²) in [4.78, 5) is 27.6. The molecule has 2 aliphatic rings. The summed E-state index contributed by atoms with van der Waals surface area (Å²) in [6, 6.07) is 26.6. The molecule has 10 nitrogen and oxygen atoms in total. The lowest BCUT2D eigenvalue weighted by molar-refractivity contribution is -0.0910. The van der Waals surface area contributed by atoms with Crippen LogP contribution in [0.2, 0.25) is 0 Å². The number of ether oxygens (including phenoxy) is 6. The topological polar surface area (TPSA) is 113 Å². The highest BCUT2D eigenvalue weighted by molar-refractivity contribution is 5.67. The van der Waals surface area contributed by atoms with Crippen LogP contribution in [0.1, 0.15) is 37.0 Å². The third kappa shape index (κ3) is 9.69. The van der Waals surface area contributed by atoms with Crippen molar-refractivity contribution in [3.05, 3.63) is 102 Å². The molecule has 0 aromatic heterocycles. The van der Waals surface area contributed by atoms with Gasteiger partial charge in [0.05, 0.1) is 25.7 Å². The van der Waals surface area contributed by atoms with Crippen LogP contribution in [0.25, 0.3) is 0 Å². The molecule has 0 aliphatic carbocycles. The molecule has 2 heterocycles. The molecular weight excluding hydrogens is 590 g/mol. The molecule has 3 aromatic carbocycles. The van der Waals surface area contributed by atoms with Crippen LogP contribution in [0.5, 0.6) is 5.75 Å². The van der Waals surface area contributed by atoms with Crippen molar-refractivity contribution in [1.82, 2.24) is 4.90 Å². The summed E-state index contributed by atoms with van der Waals surface area (Å²) in [5.41, 5.74) is 2.71. The molecule has 1 amide bonds. The monoisotopic (exact) mass is 633 g/mol. The maximum Gasteiger partial charge on any atom is 0.509 e. The van der Waals surface area contributed by atoms with Gasteiger partial charge in [-0.25, -0.2) is 9.59 Å². The largest absolute Gasteiger partial charge is 0.509 e. The minimum Gasteiger partial charge on any atom is -0.489 e. The Labute approximate surface area is 270 Å². The SMILES string of the molecule is CC(C)CN(C[C@@H](O)[C@H](Cc1ccc(OCc2ccccc2)cc1)OC(=O)O[C@H]1CO[C@H]2OCC[C@H]21)C(=O)OCc1ccccc1. The Bertz CT molecular complexity index is 1370. The number of carbonyl (C=O) groups is 2. The van der Waals surface area contributed by atoms with Gasteiger partial charge in [-0.3, -0.25) is 0 Å². The van der Waals surface area contributed by atoms with Crippen LogP contribution < -0.4 is 4.74 Å². The number of aliphatic hydroxyl groups is 1. The van der Waals surface area contributed by atoms with Gasteiger partial charge in [0, 0.05) is 13.0 Å². The van der Waals surface area contributed by atoms with Crippen molar-refractivity contribution < 1.29 is 43.1 Å². The van der Waals surface area contributed by atoms with Crippen molar-refractivity contribution in [3.8, 4) is 5.75 Å². The van der Waals surface area contributed by atoms with Crippen LogP contribution in [0.3, 0.4) is 0 Å². The van der Waals surface area contributed by atoms with E-state index in [9.17, 15) is 14.7 Å². The van der Waals surface area contributed by atoms with Crippen LogP contribution in [-0.4, -0.2) is 73.2 Å². The van der Waals surface area contributed by atoms with E-state index in [0.29, 0.717) is 25.5 Å². The van der Waals surface area contributed by atoms with Crippen molar-refractivity contribution >= 4 is 12.2 Å². The fraction of sp³-hybridized carbons (Fsp3) is 0.444. The number of hydrogen-bond acceptors (Lipinski definition) is 9. The lowest BCUT2D eigenvalue weighted by Crippen LogP contribution is -2.46. The van der Waals surface area contributed by atoms with E-state index < -0.39 is 30.6 Å². The molecule has 0 unspecified atom stereocenters. The van der Waals surface area contributed by atoms with Crippen molar-refractivity contribution in [2.45, 2.75) is 64.5 Å². The fourth-order valence-corrected chi connectivity index (χ4v) is 5.59. The molecule has 2 fully saturated rings. The Kier molecular flexibility index (Phi) is 11.9. The van der Waals surface area contributed by atoms with Gasteiger partial charge in [-0.15, -0.1) is 0 Å². The van der Waals surface area contributed by atoms with Crippen molar-refractivity contribution in [2.75, 3.05) is 26.3 Å². The zero-order chi connectivity index (χ0) is 32.3. The molecule has 0 saturated carbocycles. The normalized spacial score (nSPS) is 20.0. The van der Waals surface area contributed by atoms with E-state index in [-0.39, 0.29) is 44.3 Å². The number of amides is 1. The van der Waals surface area contributed by atoms with Gasteiger partial charge in [0.2, 0.25) is 0 Å². The van der Waals surface area contributed by atoms with Gasteiger partial charge in [0.25, 0.3) is 0 Å². The molecule has 5 atom stereocenters. The average Bonchev–Trinajstić information content (AvgIpc) is 3.68. The third-order valence-electron chi connectivity index (χ3n) is 7.97. The number of fused-ring (bicyclic) bond motifs is 1. The number of nitrogens with zero attached hydrogens (tertiary/aromatic N) is 1. The van der Waals surface area contributed by atoms with E-state index in [1.54, 1.807) is 0 Å². The molecule has 0 spiro atoms. The van der Waals surface area contributed by atoms with E-state index >= 15 is 0 Å². The molecule has 246 valence electrons. The minimum atomic E-state index is -1.23. The molecule has 2 saturated heterocycles. The first-order chi connectivity index (χ1) is 22.3. The molecule has 0 bridgehead atoms. The summed E-state index contributed by atoms with van der Waals surface area (Å²) in [5.74, 6) is 0.734. The second-order valence-electron chi connectivity index (χ2n) is 12.1. The van der Waals surface area contributed by atoms with Crippen LogP contribution in [0.15, 0.2) is 84.9 Å². The fourth-order valence-electron chi connectivity index (χ4n) is 5.59. The van der Waals surface area contributed by atoms with Gasteiger partial charge >= 0.3 is 12.2 Å². The van der Waals surface area contributed by atoms with Crippen LogP contribution in [0.4, 0.5) is 9.59 Å². The molecule has 0 radical (unpaired) electrons. The van der Waals surface area contributed by atoms with Gasteiger partial charge in [-0.2, -0.15) is 0 Å². The second-order valence-corrected chi connectivity index (χ2v) is 12.1. The van der Waals surface area contributed by atoms with Crippen molar-refractivity contribution in [1.29, 1.82) is 0 Å². The molecule has 3 aromatic rings. The predicted molar refractivity (Wildman–Crippen MR) is 169 cm³/mol. The van der Waals surface area contributed by atoms with Gasteiger partial charge in [-0.05, 0) is 41.2 Å². The van der Waals surface area contributed by atoms with E-state index in [1.807, 2.05) is 98.8 Å². The molecule has 5 rings (SSSR count). The van der Waals surface area contributed by atoms with Gasteiger partial charge in [-0.1, -0.05) is 86.6 Å². The summed E-state index contributed by atoms with van der Waals surface area (Å²) in [5, 5.41) is 11.5. The Morgan fingerprint density at radius 3 is 2.22 bits per heavy atom. The first-order valence-corrected chi connectivity index (χ1v) is 15.8. The van der Waals surface area contributed by atoms with E-state index in [0.717, 1.165) is 23.1 Å². The highest BCUT2D eigenvalue weighted by atomic mass is 16.8. The zero-order valence-corrected chi connectivity index (χ0v) is 26.4. The summed E-state index contributed by atoms with van der Waals surface area (Å²) in [6.07, 6.45) is -3.69. The standard InChI is InChI=1S/C36H43NO9/c1-25(2)20-37(35(39)44-23-28-11-7-4-8-12-28)21-31(38)32(45-36(40)46-33-24-43-34-30(33)17-18-41-34)19-26-13-15-29(16-14-26)42-22-27-9-5-3-6-10-27/h3-16,25,30-34,38H,17-24H2,1-2H3/t30-,31+,32-,33-,34+/m0/s1. The predicted octanol–water partition coefficient (Wildman–Crippen LogP) is 5.75. The lowest BCUT2D eigenvalue weighted by Gasteiger charge is -2.30. The summed E-state index contributed by atoms with van der Waals surface area (Å²) >= 11 is 0. The average molecular weight is 634 g/mol. The number of carbonyl (C=O) groups excluding carboxylic acids is 2. The summed E-state index contributed by atoms with van der Waals surface area (Å²) in [6.45, 7) is 5.48. The maximum absolute atomic E-state index is 13.1.